The van der Waals surface area contributed by atoms with E-state index in [9.17, 15) is 14.4 Å². The van der Waals surface area contributed by atoms with E-state index in [0.29, 0.717) is 17.8 Å². The molecule has 3 heterocycles. The predicted octanol–water partition coefficient (Wildman–Crippen LogP) is 2.83. The van der Waals surface area contributed by atoms with Crippen molar-refractivity contribution in [2.24, 2.45) is 11.1 Å². The van der Waals surface area contributed by atoms with Gasteiger partial charge in [0.05, 0.1) is 42.7 Å². The molecule has 1 aromatic heterocycles. The van der Waals surface area contributed by atoms with Gasteiger partial charge in [-0.25, -0.2) is 14.5 Å². The van der Waals surface area contributed by atoms with Crippen LogP contribution in [0.25, 0.3) is 0 Å². The Hall–Kier alpha value is -3.69. The second kappa shape index (κ2) is 8.34. The lowest BCUT2D eigenvalue weighted by Crippen LogP contribution is -2.43. The zero-order valence-corrected chi connectivity index (χ0v) is 19.3. The van der Waals surface area contributed by atoms with Gasteiger partial charge in [-0.1, -0.05) is 17.3 Å². The van der Waals surface area contributed by atoms with Crippen molar-refractivity contribution in [1.82, 2.24) is 14.7 Å². The van der Waals surface area contributed by atoms with Crippen LogP contribution in [0, 0.1) is 5.92 Å². The molecule has 10 nitrogen and oxygen atoms in total. The molecule has 0 bridgehead atoms. The maximum atomic E-state index is 13.3. The van der Waals surface area contributed by atoms with Gasteiger partial charge in [0.1, 0.15) is 11.6 Å². The Kier molecular flexibility index (Phi) is 5.69. The molecule has 2 atom stereocenters. The Morgan fingerprint density at radius 3 is 2.70 bits per heavy atom. The molecule has 0 aliphatic carbocycles. The average molecular weight is 453 g/mol. The number of oxime groups is 1. The minimum Gasteiger partial charge on any atom is -0.465 e. The first-order valence-electron chi connectivity index (χ1n) is 10.7. The van der Waals surface area contributed by atoms with E-state index in [2.05, 4.69) is 10.3 Å². The van der Waals surface area contributed by atoms with Crippen LogP contribution in [-0.4, -0.2) is 57.1 Å². The van der Waals surface area contributed by atoms with Crippen LogP contribution >= 0.6 is 0 Å². The summed E-state index contributed by atoms with van der Waals surface area (Å²) in [6.45, 7) is 7.96. The molecule has 4 rings (SSSR count). The van der Waals surface area contributed by atoms with Crippen molar-refractivity contribution >= 4 is 29.3 Å². The molecule has 33 heavy (non-hydrogen) atoms. The van der Waals surface area contributed by atoms with Crippen LogP contribution in [0.15, 0.2) is 41.8 Å². The standard InChI is InChI=1S/C23H27N5O5/c1-14-19(15(2)33-25-14)13-26-12-18(10-24-26)28-21(30)23(3,4)27(22(28)31)11-16-7-6-8-17(9-16)20(29)32-5/h6-10,12,15,19H,11,13H2,1-5H3. The molecule has 3 amide bonds. The van der Waals surface area contributed by atoms with Crippen LogP contribution in [0.5, 0.6) is 0 Å². The molecule has 0 radical (unpaired) electrons. The highest BCUT2D eigenvalue weighted by Crippen LogP contribution is 2.33. The monoisotopic (exact) mass is 453 g/mol. The quantitative estimate of drug-likeness (QED) is 0.492. The molecule has 1 fully saturated rings. The van der Waals surface area contributed by atoms with Gasteiger partial charge in [-0.2, -0.15) is 5.10 Å². The number of imide groups is 1. The number of nitrogens with zero attached hydrogens (tertiary/aromatic N) is 5. The third kappa shape index (κ3) is 3.96. The smallest absolute Gasteiger partial charge is 0.337 e. The zero-order chi connectivity index (χ0) is 23.9. The highest BCUT2D eigenvalue weighted by molar-refractivity contribution is 6.22. The van der Waals surface area contributed by atoms with E-state index < -0.39 is 17.5 Å². The summed E-state index contributed by atoms with van der Waals surface area (Å²) in [5, 5.41) is 8.37. The molecule has 0 spiro atoms. The summed E-state index contributed by atoms with van der Waals surface area (Å²) in [7, 11) is 1.31. The van der Waals surface area contributed by atoms with Crippen LogP contribution < -0.4 is 4.90 Å². The first kappa shape index (κ1) is 22.5. The third-order valence-electron chi connectivity index (χ3n) is 6.24. The van der Waals surface area contributed by atoms with Crippen LogP contribution in [0.1, 0.15) is 43.6 Å². The number of anilines is 1. The largest absolute Gasteiger partial charge is 0.465 e. The normalized spacial score (nSPS) is 21.9. The average Bonchev–Trinajstić information content (AvgIpc) is 3.42. The fourth-order valence-corrected chi connectivity index (χ4v) is 4.12. The Balaban J connectivity index is 1.55. The number of hydrogen-bond acceptors (Lipinski definition) is 7. The molecule has 2 aromatic rings. The number of benzene rings is 1. The summed E-state index contributed by atoms with van der Waals surface area (Å²) in [4.78, 5) is 46.4. The minimum absolute atomic E-state index is 0.0668. The Labute approximate surface area is 191 Å². The molecule has 1 saturated heterocycles. The lowest BCUT2D eigenvalue weighted by atomic mass is 10.00. The van der Waals surface area contributed by atoms with E-state index in [-0.39, 0.29) is 24.5 Å². The number of rotatable bonds is 6. The fourth-order valence-electron chi connectivity index (χ4n) is 4.12. The van der Waals surface area contributed by atoms with Crippen molar-refractivity contribution in [3.8, 4) is 0 Å². The van der Waals surface area contributed by atoms with Gasteiger partial charge in [-0.05, 0) is 45.4 Å². The number of urea groups is 1. The van der Waals surface area contributed by atoms with Gasteiger partial charge in [-0.15, -0.1) is 0 Å². The summed E-state index contributed by atoms with van der Waals surface area (Å²) in [6, 6.07) is 6.38. The van der Waals surface area contributed by atoms with Crippen molar-refractivity contribution in [1.29, 1.82) is 0 Å². The maximum Gasteiger partial charge on any atom is 0.337 e. The number of carbonyl (C=O) groups is 3. The molecular weight excluding hydrogens is 426 g/mol. The van der Waals surface area contributed by atoms with E-state index >= 15 is 0 Å². The van der Waals surface area contributed by atoms with Crippen molar-refractivity contribution < 1.29 is 24.0 Å². The molecule has 2 unspecified atom stereocenters. The van der Waals surface area contributed by atoms with Crippen LogP contribution in [-0.2, 0) is 27.5 Å². The molecule has 1 aromatic carbocycles. The van der Waals surface area contributed by atoms with Gasteiger partial charge in [0, 0.05) is 12.7 Å². The summed E-state index contributed by atoms with van der Waals surface area (Å²) in [6.07, 6.45) is 3.13. The Morgan fingerprint density at radius 2 is 2.03 bits per heavy atom. The third-order valence-corrected chi connectivity index (χ3v) is 6.24. The van der Waals surface area contributed by atoms with Gasteiger partial charge in [0.2, 0.25) is 0 Å². The highest BCUT2D eigenvalue weighted by atomic mass is 16.6. The maximum absolute atomic E-state index is 13.3. The number of methoxy groups -OCH3 is 1. The number of aromatic nitrogens is 2. The summed E-state index contributed by atoms with van der Waals surface area (Å²) >= 11 is 0. The first-order valence-corrected chi connectivity index (χ1v) is 10.7. The molecule has 2 aliphatic heterocycles. The summed E-state index contributed by atoms with van der Waals surface area (Å²) in [5.74, 6) is -0.736. The number of amides is 3. The van der Waals surface area contributed by atoms with Crippen LogP contribution in [0.2, 0.25) is 0 Å². The fraction of sp³-hybridized carbons (Fsp3) is 0.435. The molecule has 10 heteroatoms. The number of hydrogen-bond donors (Lipinski definition) is 0. The summed E-state index contributed by atoms with van der Waals surface area (Å²) in [5.41, 5.74) is 1.32. The SMILES string of the molecule is COC(=O)c1cccc(CN2C(=O)N(c3cnn(CC4C(C)=NOC4C)c3)C(=O)C2(C)C)c1. The van der Waals surface area contributed by atoms with E-state index in [0.717, 1.165) is 16.2 Å². The van der Waals surface area contributed by atoms with Crippen molar-refractivity contribution in [3.63, 3.8) is 0 Å². The topological polar surface area (TPSA) is 106 Å². The van der Waals surface area contributed by atoms with E-state index in [1.54, 1.807) is 49.0 Å². The van der Waals surface area contributed by atoms with E-state index in [4.69, 9.17) is 9.57 Å². The van der Waals surface area contributed by atoms with Crippen molar-refractivity contribution in [2.45, 2.75) is 52.4 Å². The van der Waals surface area contributed by atoms with E-state index in [1.165, 1.54) is 18.2 Å². The van der Waals surface area contributed by atoms with Gasteiger partial charge >= 0.3 is 12.0 Å². The second-order valence-electron chi connectivity index (χ2n) is 8.83. The van der Waals surface area contributed by atoms with Crippen LogP contribution in [0.3, 0.4) is 0 Å². The van der Waals surface area contributed by atoms with Gasteiger partial charge in [-0.3, -0.25) is 9.48 Å². The Morgan fingerprint density at radius 1 is 1.27 bits per heavy atom. The molecular formula is C23H27N5O5. The molecule has 174 valence electrons. The molecule has 0 N–H and O–H groups in total. The second-order valence-corrected chi connectivity index (χ2v) is 8.83. The predicted molar refractivity (Wildman–Crippen MR) is 120 cm³/mol. The number of ether oxygens (including phenoxy) is 1. The lowest BCUT2D eigenvalue weighted by Gasteiger charge is -2.27. The highest BCUT2D eigenvalue weighted by Gasteiger charge is 2.52. The van der Waals surface area contributed by atoms with Gasteiger partial charge < -0.3 is 14.5 Å². The van der Waals surface area contributed by atoms with Gasteiger partial charge in [0.25, 0.3) is 5.91 Å². The number of esters is 1. The molecule has 2 aliphatic rings. The minimum atomic E-state index is -1.07. The lowest BCUT2D eigenvalue weighted by molar-refractivity contribution is -0.123. The molecule has 0 saturated carbocycles. The Bertz CT molecular complexity index is 1140. The van der Waals surface area contributed by atoms with Crippen molar-refractivity contribution in [3.05, 3.63) is 47.8 Å². The number of carbonyl (C=O) groups excluding carboxylic acids is 3. The van der Waals surface area contributed by atoms with Crippen molar-refractivity contribution in [2.75, 3.05) is 12.0 Å². The van der Waals surface area contributed by atoms with Crippen LogP contribution in [0.4, 0.5) is 10.5 Å². The van der Waals surface area contributed by atoms with Gasteiger partial charge in [0.15, 0.2) is 0 Å². The van der Waals surface area contributed by atoms with E-state index in [1.807, 2.05) is 13.8 Å². The summed E-state index contributed by atoms with van der Waals surface area (Å²) < 4.78 is 6.47. The first-order chi connectivity index (χ1) is 15.6. The zero-order valence-electron chi connectivity index (χ0n) is 19.3.